The average molecular weight is 527 g/mol. The van der Waals surface area contributed by atoms with E-state index in [-0.39, 0.29) is 11.7 Å². The van der Waals surface area contributed by atoms with Crippen molar-refractivity contribution in [2.24, 2.45) is 0 Å². The van der Waals surface area contributed by atoms with Gasteiger partial charge in [-0.05, 0) is 61.2 Å². The number of ether oxygens (including phenoxy) is 3. The van der Waals surface area contributed by atoms with Gasteiger partial charge in [0.1, 0.15) is 25.1 Å². The number of aliphatic hydroxyl groups excluding tert-OH is 2. The minimum atomic E-state index is -0.949. The second kappa shape index (κ2) is 13.6. The number of likely N-dealkylation sites (tertiary alicyclic amines) is 1. The van der Waals surface area contributed by atoms with E-state index >= 15 is 0 Å². The van der Waals surface area contributed by atoms with Crippen molar-refractivity contribution in [3.8, 4) is 17.2 Å². The molecule has 0 saturated carbocycles. The fourth-order valence-corrected chi connectivity index (χ4v) is 4.90. The molecule has 0 radical (unpaired) electrons. The van der Waals surface area contributed by atoms with Gasteiger partial charge < -0.3 is 29.7 Å². The largest absolute Gasteiger partial charge is 0.497 e. The van der Waals surface area contributed by atoms with Gasteiger partial charge in [0.15, 0.2) is 17.3 Å². The highest BCUT2D eigenvalue weighted by Gasteiger charge is 2.29. The Morgan fingerprint density at radius 1 is 1.05 bits per heavy atom. The number of nitrogens with zero attached hydrogens (tertiary/aromatic N) is 1. The third-order valence-electron chi connectivity index (χ3n) is 7.06. The van der Waals surface area contributed by atoms with Crippen molar-refractivity contribution in [1.82, 2.24) is 10.2 Å². The molecular formula is C29H38N2O7. The molecule has 2 heterocycles. The number of benzene rings is 2. The molecule has 1 amide bonds. The number of aliphatic hydroxyl groups is 2. The predicted molar refractivity (Wildman–Crippen MR) is 142 cm³/mol. The fraction of sp³-hybridized carbons (Fsp3) is 0.517. The lowest BCUT2D eigenvalue weighted by molar-refractivity contribution is -0.123. The van der Waals surface area contributed by atoms with Crippen LogP contribution in [0.15, 0.2) is 42.5 Å². The number of hydrogen-bond donors (Lipinski definition) is 3. The maximum Gasteiger partial charge on any atom is 0.220 e. The Bertz CT molecular complexity index is 1080. The highest BCUT2D eigenvalue weighted by Crippen LogP contribution is 2.33. The topological polar surface area (TPSA) is 118 Å². The van der Waals surface area contributed by atoms with E-state index in [4.69, 9.17) is 14.2 Å². The molecule has 1 fully saturated rings. The van der Waals surface area contributed by atoms with Gasteiger partial charge in [0, 0.05) is 38.0 Å². The third-order valence-corrected chi connectivity index (χ3v) is 7.06. The molecule has 9 heteroatoms. The maximum absolute atomic E-state index is 12.8. The van der Waals surface area contributed by atoms with Gasteiger partial charge >= 0.3 is 0 Å². The van der Waals surface area contributed by atoms with Gasteiger partial charge in [-0.1, -0.05) is 12.5 Å². The van der Waals surface area contributed by atoms with Gasteiger partial charge in [-0.25, -0.2) is 0 Å². The van der Waals surface area contributed by atoms with Crippen molar-refractivity contribution in [3.05, 3.63) is 53.6 Å². The number of nitrogens with one attached hydrogen (secondary N) is 1. The number of hydrogen-bond acceptors (Lipinski definition) is 8. The zero-order valence-electron chi connectivity index (χ0n) is 21.9. The van der Waals surface area contributed by atoms with Crippen LogP contribution in [-0.2, 0) is 4.79 Å². The van der Waals surface area contributed by atoms with E-state index in [1.54, 1.807) is 49.6 Å². The summed E-state index contributed by atoms with van der Waals surface area (Å²) in [7, 11) is 1.59. The minimum absolute atomic E-state index is 0.0764. The molecule has 0 bridgehead atoms. The first kappa shape index (κ1) is 27.9. The number of Topliss-reactive ketones (excluding diaryl/α,β-unsaturated/α-hetero) is 1. The molecule has 0 spiro atoms. The number of ketones is 1. The summed E-state index contributed by atoms with van der Waals surface area (Å²) in [6.45, 7) is 2.59. The van der Waals surface area contributed by atoms with E-state index in [1.807, 2.05) is 0 Å². The van der Waals surface area contributed by atoms with Crippen LogP contribution in [0.2, 0.25) is 0 Å². The molecule has 0 aliphatic carbocycles. The van der Waals surface area contributed by atoms with Crippen LogP contribution in [-0.4, -0.2) is 78.9 Å². The van der Waals surface area contributed by atoms with E-state index in [1.165, 1.54) is 0 Å². The number of rotatable bonds is 13. The van der Waals surface area contributed by atoms with Gasteiger partial charge in [-0.3, -0.25) is 14.5 Å². The molecule has 3 atom stereocenters. The van der Waals surface area contributed by atoms with Crippen LogP contribution < -0.4 is 19.5 Å². The van der Waals surface area contributed by atoms with Crippen molar-refractivity contribution in [2.75, 3.05) is 40.0 Å². The molecule has 206 valence electrons. The Morgan fingerprint density at radius 3 is 2.50 bits per heavy atom. The van der Waals surface area contributed by atoms with E-state index in [0.717, 1.165) is 6.42 Å². The third kappa shape index (κ3) is 7.69. The highest BCUT2D eigenvalue weighted by atomic mass is 16.6. The van der Waals surface area contributed by atoms with Crippen LogP contribution in [0.4, 0.5) is 0 Å². The van der Waals surface area contributed by atoms with Gasteiger partial charge in [0.2, 0.25) is 5.91 Å². The summed E-state index contributed by atoms with van der Waals surface area (Å²) in [6.07, 6.45) is 2.18. The van der Waals surface area contributed by atoms with Crippen LogP contribution in [0.25, 0.3) is 0 Å². The lowest BCUT2D eigenvalue weighted by Gasteiger charge is -2.29. The molecule has 1 saturated heterocycles. The molecule has 4 rings (SSSR count). The van der Waals surface area contributed by atoms with Gasteiger partial charge in [-0.2, -0.15) is 0 Å². The van der Waals surface area contributed by atoms with Gasteiger partial charge in [0.25, 0.3) is 0 Å². The van der Waals surface area contributed by atoms with E-state index < -0.39 is 18.2 Å². The van der Waals surface area contributed by atoms with Crippen molar-refractivity contribution in [2.45, 2.75) is 56.8 Å². The number of β-amino-alcohol motifs (C(OH)–C–C–N with tert-alkyl or cyclic N) is 1. The molecule has 3 N–H and O–H groups in total. The summed E-state index contributed by atoms with van der Waals surface area (Å²) in [5.74, 6) is 1.87. The first-order valence-electron chi connectivity index (χ1n) is 13.4. The first-order valence-corrected chi connectivity index (χ1v) is 13.4. The standard InChI is InChI=1S/C29H38N2O7/c1-36-23-10-7-20(8-11-23)25(33)5-3-2-4-6-28(34)30-24(19-31-14-13-22(32)18-31)29(35)21-9-12-26-27(17-21)38-16-15-37-26/h7-12,17,22,24,29,32,35H,2-6,13-16,18-19H2,1H3,(H,30,34)/t22-,24-,29-/m1/s1. The summed E-state index contributed by atoms with van der Waals surface area (Å²) < 4.78 is 16.4. The normalized spacial score (nSPS) is 18.6. The minimum Gasteiger partial charge on any atom is -0.497 e. The number of methoxy groups -OCH3 is 1. The van der Waals surface area contributed by atoms with E-state index in [9.17, 15) is 19.8 Å². The van der Waals surface area contributed by atoms with Crippen molar-refractivity contribution in [1.29, 1.82) is 0 Å². The molecule has 0 unspecified atom stereocenters. The van der Waals surface area contributed by atoms with Crippen LogP contribution in [0.1, 0.15) is 60.6 Å². The summed E-state index contributed by atoms with van der Waals surface area (Å²) >= 11 is 0. The Labute approximate surface area is 223 Å². The van der Waals surface area contributed by atoms with Crippen LogP contribution in [0, 0.1) is 0 Å². The van der Waals surface area contributed by atoms with E-state index in [2.05, 4.69) is 10.2 Å². The zero-order valence-corrected chi connectivity index (χ0v) is 21.9. The summed E-state index contributed by atoms with van der Waals surface area (Å²) in [5, 5.41) is 24.2. The van der Waals surface area contributed by atoms with Crippen LogP contribution >= 0.6 is 0 Å². The van der Waals surface area contributed by atoms with Crippen molar-refractivity contribution in [3.63, 3.8) is 0 Å². The summed E-state index contributed by atoms with van der Waals surface area (Å²) in [4.78, 5) is 27.3. The van der Waals surface area contributed by atoms with Crippen LogP contribution in [0.3, 0.4) is 0 Å². The highest BCUT2D eigenvalue weighted by molar-refractivity contribution is 5.96. The van der Waals surface area contributed by atoms with Crippen molar-refractivity contribution >= 4 is 11.7 Å². The number of unbranched alkanes of at least 4 members (excludes halogenated alkanes) is 2. The number of fused-ring (bicyclic) bond motifs is 1. The second-order valence-electron chi connectivity index (χ2n) is 9.94. The number of carbonyl (C=O) groups is 2. The van der Waals surface area contributed by atoms with Crippen molar-refractivity contribution < 1.29 is 34.0 Å². The monoisotopic (exact) mass is 526 g/mol. The quantitative estimate of drug-likeness (QED) is 0.269. The van der Waals surface area contributed by atoms with Gasteiger partial charge in [0.05, 0.1) is 19.3 Å². The lowest BCUT2D eigenvalue weighted by Crippen LogP contribution is -2.47. The molecule has 2 aliphatic heterocycles. The number of carbonyl (C=O) groups excluding carboxylic acids is 2. The molecular weight excluding hydrogens is 488 g/mol. The molecule has 2 aliphatic rings. The van der Waals surface area contributed by atoms with Crippen LogP contribution in [0.5, 0.6) is 17.2 Å². The SMILES string of the molecule is COc1ccc(C(=O)CCCCCC(=O)N[C@H](CN2CC[C@@H](O)C2)[C@H](O)c2ccc3c(c2)OCCO3)cc1. The second-order valence-corrected chi connectivity index (χ2v) is 9.94. The van der Waals surface area contributed by atoms with Gasteiger partial charge in [-0.15, -0.1) is 0 Å². The molecule has 0 aromatic heterocycles. The Morgan fingerprint density at radius 2 is 1.79 bits per heavy atom. The maximum atomic E-state index is 12.8. The molecule has 38 heavy (non-hydrogen) atoms. The molecule has 2 aromatic rings. The van der Waals surface area contributed by atoms with E-state index in [0.29, 0.717) is 93.3 Å². The smallest absolute Gasteiger partial charge is 0.220 e. The average Bonchev–Trinajstić information content (AvgIpc) is 3.36. The number of amides is 1. The predicted octanol–water partition coefficient (Wildman–Crippen LogP) is 2.88. The first-order chi connectivity index (χ1) is 18.4. The zero-order chi connectivity index (χ0) is 26.9. The lowest BCUT2D eigenvalue weighted by atomic mass is 10.00. The Hall–Kier alpha value is -3.14. The Balaban J connectivity index is 1.27. The fourth-order valence-electron chi connectivity index (χ4n) is 4.90. The summed E-state index contributed by atoms with van der Waals surface area (Å²) in [5.41, 5.74) is 1.29. The molecule has 2 aromatic carbocycles. The summed E-state index contributed by atoms with van der Waals surface area (Å²) in [6, 6.07) is 11.9. The Kier molecular flexibility index (Phi) is 9.98. The molecule has 9 nitrogen and oxygen atoms in total.